The van der Waals surface area contributed by atoms with E-state index in [1.807, 2.05) is 24.3 Å². The Hall–Kier alpha value is -3.67. The van der Waals surface area contributed by atoms with Gasteiger partial charge in [0.05, 0.1) is 11.9 Å². The molecule has 1 heterocycles. The molecule has 0 saturated carbocycles. The predicted molar refractivity (Wildman–Crippen MR) is 99.9 cm³/mol. The molecule has 0 aliphatic heterocycles. The molecule has 27 heavy (non-hydrogen) atoms. The van der Waals surface area contributed by atoms with E-state index in [9.17, 15) is 9.59 Å². The molecule has 1 amide bonds. The number of nitrogens with zero attached hydrogens (tertiary/aromatic N) is 1. The molecule has 2 aromatic carbocycles. The Morgan fingerprint density at radius 2 is 1.59 bits per heavy atom. The van der Waals surface area contributed by atoms with Crippen molar-refractivity contribution in [1.29, 1.82) is 0 Å². The highest BCUT2D eigenvalue weighted by Gasteiger charge is 2.28. The Bertz CT molecular complexity index is 969. The molecule has 0 saturated heterocycles. The first-order valence-corrected chi connectivity index (χ1v) is 8.45. The van der Waals surface area contributed by atoms with Crippen LogP contribution in [0.3, 0.4) is 0 Å². The zero-order chi connectivity index (χ0) is 18.8. The smallest absolute Gasteiger partial charge is 0.411 e. The topological polar surface area (TPSA) is 88.5 Å². The molecule has 0 bridgehead atoms. The van der Waals surface area contributed by atoms with Crippen LogP contribution < -0.4 is 5.32 Å². The quantitative estimate of drug-likeness (QED) is 0.730. The monoisotopic (exact) mass is 360 g/mol. The minimum Gasteiger partial charge on any atom is -0.477 e. The van der Waals surface area contributed by atoms with Gasteiger partial charge >= 0.3 is 12.1 Å². The van der Waals surface area contributed by atoms with Crippen molar-refractivity contribution < 1.29 is 19.4 Å². The fourth-order valence-electron chi connectivity index (χ4n) is 3.35. The van der Waals surface area contributed by atoms with Gasteiger partial charge in [-0.3, -0.25) is 5.32 Å². The van der Waals surface area contributed by atoms with Gasteiger partial charge in [0.2, 0.25) is 0 Å². The van der Waals surface area contributed by atoms with Crippen LogP contribution in [0.4, 0.5) is 10.5 Å². The van der Waals surface area contributed by atoms with Crippen molar-refractivity contribution in [1.82, 2.24) is 4.98 Å². The van der Waals surface area contributed by atoms with E-state index in [1.165, 1.54) is 18.3 Å². The van der Waals surface area contributed by atoms with Crippen molar-refractivity contribution in [2.24, 2.45) is 0 Å². The number of anilines is 1. The van der Waals surface area contributed by atoms with Gasteiger partial charge < -0.3 is 9.84 Å². The number of aromatic nitrogens is 1. The Balaban J connectivity index is 1.45. The SMILES string of the molecule is O=C(Nc1ccc(C(=O)O)nc1)OCC1c2ccccc2-c2ccccc21. The summed E-state index contributed by atoms with van der Waals surface area (Å²) in [4.78, 5) is 26.7. The third-order valence-corrected chi connectivity index (χ3v) is 4.57. The number of nitrogens with one attached hydrogen (secondary N) is 1. The summed E-state index contributed by atoms with van der Waals surface area (Å²) in [5, 5.41) is 11.4. The van der Waals surface area contributed by atoms with Crippen LogP contribution in [0.15, 0.2) is 66.9 Å². The second-order valence-corrected chi connectivity index (χ2v) is 6.19. The zero-order valence-corrected chi connectivity index (χ0v) is 14.3. The lowest BCUT2D eigenvalue weighted by Gasteiger charge is -2.14. The number of rotatable bonds is 4. The molecule has 3 aromatic rings. The van der Waals surface area contributed by atoms with Crippen LogP contribution in [-0.4, -0.2) is 28.8 Å². The summed E-state index contributed by atoms with van der Waals surface area (Å²) in [5.41, 5.74) is 4.88. The van der Waals surface area contributed by atoms with Gasteiger partial charge in [-0.15, -0.1) is 0 Å². The summed E-state index contributed by atoms with van der Waals surface area (Å²) in [6, 6.07) is 19.0. The summed E-state index contributed by atoms with van der Waals surface area (Å²) in [5.74, 6) is -1.14. The Morgan fingerprint density at radius 1 is 0.963 bits per heavy atom. The predicted octanol–water partition coefficient (Wildman–Crippen LogP) is 4.14. The summed E-state index contributed by atoms with van der Waals surface area (Å²) in [6.07, 6.45) is 0.673. The van der Waals surface area contributed by atoms with Crippen molar-refractivity contribution >= 4 is 17.7 Å². The maximum Gasteiger partial charge on any atom is 0.411 e. The molecule has 6 heteroatoms. The number of benzene rings is 2. The minimum atomic E-state index is -1.12. The van der Waals surface area contributed by atoms with Crippen LogP contribution in [0.25, 0.3) is 11.1 Å². The normalized spacial score (nSPS) is 12.1. The first-order chi connectivity index (χ1) is 13.1. The van der Waals surface area contributed by atoms with Gasteiger partial charge in [0, 0.05) is 5.92 Å². The van der Waals surface area contributed by atoms with Gasteiger partial charge in [0.1, 0.15) is 12.3 Å². The van der Waals surface area contributed by atoms with E-state index < -0.39 is 12.1 Å². The number of hydrogen-bond donors (Lipinski definition) is 2. The molecule has 0 radical (unpaired) electrons. The average Bonchev–Trinajstić information content (AvgIpc) is 3.01. The first-order valence-electron chi connectivity index (χ1n) is 8.45. The lowest BCUT2D eigenvalue weighted by Crippen LogP contribution is -2.18. The Labute approximate surface area is 155 Å². The highest BCUT2D eigenvalue weighted by atomic mass is 16.5. The van der Waals surface area contributed by atoms with E-state index >= 15 is 0 Å². The first kappa shape index (κ1) is 16.8. The largest absolute Gasteiger partial charge is 0.477 e. The molecule has 1 aliphatic rings. The number of amides is 1. The number of aromatic carboxylic acids is 1. The molecule has 1 aliphatic carbocycles. The summed E-state index contributed by atoms with van der Waals surface area (Å²) < 4.78 is 5.43. The molecule has 1 aromatic heterocycles. The molecular formula is C21H16N2O4. The standard InChI is InChI=1S/C21H16N2O4/c24-20(25)19-10-9-13(11-22-19)23-21(26)27-12-18-16-7-3-1-5-14(16)15-6-2-4-8-17(15)18/h1-11,18H,12H2,(H,23,26)(H,24,25). The van der Waals surface area contributed by atoms with Crippen LogP contribution in [-0.2, 0) is 4.74 Å². The number of carboxylic acids is 1. The maximum atomic E-state index is 12.1. The number of pyridine rings is 1. The highest BCUT2D eigenvalue weighted by Crippen LogP contribution is 2.44. The lowest BCUT2D eigenvalue weighted by molar-refractivity contribution is 0.0690. The van der Waals surface area contributed by atoms with Gasteiger partial charge in [-0.1, -0.05) is 48.5 Å². The summed E-state index contributed by atoms with van der Waals surface area (Å²) in [6.45, 7) is 0.209. The molecule has 2 N–H and O–H groups in total. The zero-order valence-electron chi connectivity index (χ0n) is 14.3. The Morgan fingerprint density at radius 3 is 2.15 bits per heavy atom. The number of carbonyl (C=O) groups excluding carboxylic acids is 1. The minimum absolute atomic E-state index is 0.0179. The van der Waals surface area contributed by atoms with Gasteiger partial charge in [-0.25, -0.2) is 14.6 Å². The number of ether oxygens (including phenoxy) is 1. The number of fused-ring (bicyclic) bond motifs is 3. The maximum absolute atomic E-state index is 12.1. The van der Waals surface area contributed by atoms with Crippen molar-refractivity contribution in [2.75, 3.05) is 11.9 Å². The van der Waals surface area contributed by atoms with Crippen molar-refractivity contribution in [2.45, 2.75) is 5.92 Å². The number of carbonyl (C=O) groups is 2. The third kappa shape index (κ3) is 3.25. The second kappa shape index (κ2) is 6.92. The fourth-order valence-corrected chi connectivity index (χ4v) is 3.35. The van der Waals surface area contributed by atoms with E-state index in [0.29, 0.717) is 5.69 Å². The molecule has 134 valence electrons. The van der Waals surface area contributed by atoms with Crippen molar-refractivity contribution in [3.05, 3.63) is 83.7 Å². The average molecular weight is 360 g/mol. The molecule has 6 nitrogen and oxygen atoms in total. The van der Waals surface area contributed by atoms with E-state index in [1.54, 1.807) is 0 Å². The van der Waals surface area contributed by atoms with E-state index in [0.717, 1.165) is 22.3 Å². The third-order valence-electron chi connectivity index (χ3n) is 4.57. The molecular weight excluding hydrogens is 344 g/mol. The van der Waals surface area contributed by atoms with Gasteiger partial charge in [-0.05, 0) is 34.4 Å². The van der Waals surface area contributed by atoms with E-state index in [4.69, 9.17) is 9.84 Å². The molecule has 0 spiro atoms. The van der Waals surface area contributed by atoms with Gasteiger partial charge in [0.15, 0.2) is 0 Å². The van der Waals surface area contributed by atoms with E-state index in [-0.39, 0.29) is 18.2 Å². The van der Waals surface area contributed by atoms with Crippen LogP contribution in [0, 0.1) is 0 Å². The second-order valence-electron chi connectivity index (χ2n) is 6.19. The fraction of sp³-hybridized carbons (Fsp3) is 0.0952. The van der Waals surface area contributed by atoms with Crippen LogP contribution in [0.5, 0.6) is 0 Å². The summed E-state index contributed by atoms with van der Waals surface area (Å²) in [7, 11) is 0. The van der Waals surface area contributed by atoms with Crippen LogP contribution in [0.1, 0.15) is 27.5 Å². The van der Waals surface area contributed by atoms with Crippen molar-refractivity contribution in [3.63, 3.8) is 0 Å². The summed E-state index contributed by atoms with van der Waals surface area (Å²) >= 11 is 0. The molecule has 0 unspecified atom stereocenters. The Kier molecular flexibility index (Phi) is 4.30. The number of carboxylic acid groups (broad SMARTS) is 1. The van der Waals surface area contributed by atoms with Crippen LogP contribution in [0.2, 0.25) is 0 Å². The molecule has 0 atom stereocenters. The van der Waals surface area contributed by atoms with Crippen molar-refractivity contribution in [3.8, 4) is 11.1 Å². The van der Waals surface area contributed by atoms with E-state index in [2.05, 4.69) is 34.6 Å². The molecule has 4 rings (SSSR count). The number of hydrogen-bond acceptors (Lipinski definition) is 4. The van der Waals surface area contributed by atoms with Crippen LogP contribution >= 0.6 is 0 Å². The van der Waals surface area contributed by atoms with Gasteiger partial charge in [-0.2, -0.15) is 0 Å². The highest BCUT2D eigenvalue weighted by molar-refractivity contribution is 5.87. The van der Waals surface area contributed by atoms with Gasteiger partial charge in [0.25, 0.3) is 0 Å². The molecule has 0 fully saturated rings. The lowest BCUT2D eigenvalue weighted by atomic mass is 9.98.